The van der Waals surface area contributed by atoms with E-state index in [1.807, 2.05) is 24.5 Å². The predicted octanol–water partition coefficient (Wildman–Crippen LogP) is 12.9. The van der Waals surface area contributed by atoms with Crippen molar-refractivity contribution >= 4 is 53.9 Å². The maximum Gasteiger partial charge on any atom is 0.0715 e. The predicted molar refractivity (Wildman–Crippen MR) is 211 cm³/mol. The molecule has 0 unspecified atom stereocenters. The first-order chi connectivity index (χ1) is 24.8. The fraction of sp³-hybridized carbons (Fsp3) is 0. The van der Waals surface area contributed by atoms with Crippen LogP contribution in [-0.2, 0) is 0 Å². The highest BCUT2D eigenvalue weighted by molar-refractivity contribution is 6.26. The van der Waals surface area contributed by atoms with Gasteiger partial charge in [0, 0.05) is 23.5 Å². The second kappa shape index (κ2) is 11.5. The molecular weight excluding hydrogens is 605 g/mol. The largest absolute Gasteiger partial charge is 0.256 e. The SMILES string of the molecule is c1ccc(-c2c(-c3ccccn3)c3ccc(-c4c5ccccc5c(-c5cccc6ccccc56)c5ccccc45)cc3c3ccccc23)nc1. The van der Waals surface area contributed by atoms with Crippen LogP contribution in [0.1, 0.15) is 0 Å². The fourth-order valence-corrected chi connectivity index (χ4v) is 8.07. The molecule has 2 heterocycles. The van der Waals surface area contributed by atoms with E-state index in [0.717, 1.165) is 33.3 Å². The van der Waals surface area contributed by atoms with Crippen LogP contribution >= 0.6 is 0 Å². The lowest BCUT2D eigenvalue weighted by molar-refractivity contribution is 1.31. The van der Waals surface area contributed by atoms with E-state index in [-0.39, 0.29) is 0 Å². The van der Waals surface area contributed by atoms with Crippen molar-refractivity contribution in [2.24, 2.45) is 0 Å². The van der Waals surface area contributed by atoms with Gasteiger partial charge < -0.3 is 0 Å². The summed E-state index contributed by atoms with van der Waals surface area (Å²) in [5.74, 6) is 0. The normalized spacial score (nSPS) is 11.6. The van der Waals surface area contributed by atoms with Gasteiger partial charge in [-0.15, -0.1) is 0 Å². The molecule has 0 amide bonds. The van der Waals surface area contributed by atoms with Gasteiger partial charge in [-0.25, -0.2) is 0 Å². The number of rotatable bonds is 4. The average Bonchev–Trinajstić information content (AvgIpc) is 3.19. The van der Waals surface area contributed by atoms with E-state index in [9.17, 15) is 0 Å². The van der Waals surface area contributed by atoms with Crippen LogP contribution in [0.2, 0.25) is 0 Å². The van der Waals surface area contributed by atoms with E-state index in [4.69, 9.17) is 9.97 Å². The highest BCUT2D eigenvalue weighted by Gasteiger charge is 2.22. The minimum absolute atomic E-state index is 0.937. The van der Waals surface area contributed by atoms with Gasteiger partial charge in [0.25, 0.3) is 0 Å². The quantitative estimate of drug-likeness (QED) is 0.142. The molecule has 50 heavy (non-hydrogen) atoms. The van der Waals surface area contributed by atoms with Gasteiger partial charge in [-0.3, -0.25) is 9.97 Å². The Hall–Kier alpha value is -6.64. The Morgan fingerprint density at radius 3 is 1.32 bits per heavy atom. The molecule has 0 spiro atoms. The summed E-state index contributed by atoms with van der Waals surface area (Å²) in [7, 11) is 0. The Morgan fingerprint density at radius 1 is 0.280 bits per heavy atom. The van der Waals surface area contributed by atoms with Gasteiger partial charge in [0.2, 0.25) is 0 Å². The van der Waals surface area contributed by atoms with Gasteiger partial charge in [-0.05, 0) is 106 Å². The highest BCUT2D eigenvalue weighted by atomic mass is 14.7. The minimum Gasteiger partial charge on any atom is -0.256 e. The first kappa shape index (κ1) is 28.4. The van der Waals surface area contributed by atoms with E-state index >= 15 is 0 Å². The molecule has 0 saturated heterocycles. The van der Waals surface area contributed by atoms with Crippen molar-refractivity contribution in [3.05, 3.63) is 182 Å². The lowest BCUT2D eigenvalue weighted by Gasteiger charge is -2.20. The van der Waals surface area contributed by atoms with E-state index in [2.05, 4.69) is 158 Å². The summed E-state index contributed by atoms with van der Waals surface area (Å²) < 4.78 is 0. The van der Waals surface area contributed by atoms with Crippen molar-refractivity contribution in [1.29, 1.82) is 0 Å². The Balaban J connectivity index is 1.33. The van der Waals surface area contributed by atoms with Gasteiger partial charge in [0.15, 0.2) is 0 Å². The van der Waals surface area contributed by atoms with Gasteiger partial charge in [-0.1, -0.05) is 140 Å². The number of hydrogen-bond acceptors (Lipinski definition) is 2. The van der Waals surface area contributed by atoms with Gasteiger partial charge in [0.1, 0.15) is 0 Å². The number of fused-ring (bicyclic) bond motifs is 6. The van der Waals surface area contributed by atoms with Crippen molar-refractivity contribution in [1.82, 2.24) is 9.97 Å². The lowest BCUT2D eigenvalue weighted by Crippen LogP contribution is -1.95. The second-order valence-corrected chi connectivity index (χ2v) is 12.9. The number of pyridine rings is 2. The molecule has 2 nitrogen and oxygen atoms in total. The van der Waals surface area contributed by atoms with Gasteiger partial charge >= 0.3 is 0 Å². The van der Waals surface area contributed by atoms with Crippen LogP contribution in [-0.4, -0.2) is 9.97 Å². The smallest absolute Gasteiger partial charge is 0.0715 e. The first-order valence-corrected chi connectivity index (χ1v) is 17.1. The topological polar surface area (TPSA) is 25.8 Å². The van der Waals surface area contributed by atoms with Crippen LogP contribution in [0.25, 0.3) is 98.6 Å². The van der Waals surface area contributed by atoms with Crippen molar-refractivity contribution in [3.8, 4) is 44.8 Å². The number of nitrogens with zero attached hydrogens (tertiary/aromatic N) is 2. The molecule has 0 bridgehead atoms. The first-order valence-electron chi connectivity index (χ1n) is 17.1. The fourth-order valence-electron chi connectivity index (χ4n) is 8.07. The molecule has 0 radical (unpaired) electrons. The molecule has 10 rings (SSSR count). The molecule has 2 aromatic heterocycles. The summed E-state index contributed by atoms with van der Waals surface area (Å²) in [5, 5.41) is 12.2. The molecule has 0 fully saturated rings. The molecule has 0 saturated carbocycles. The average molecular weight is 635 g/mol. The van der Waals surface area contributed by atoms with Crippen LogP contribution in [0, 0.1) is 0 Å². The zero-order valence-corrected chi connectivity index (χ0v) is 27.2. The van der Waals surface area contributed by atoms with Gasteiger partial charge in [-0.2, -0.15) is 0 Å². The molecule has 0 N–H and O–H groups in total. The Morgan fingerprint density at radius 2 is 0.740 bits per heavy atom. The van der Waals surface area contributed by atoms with Crippen LogP contribution in [0.15, 0.2) is 182 Å². The molecule has 0 atom stereocenters. The van der Waals surface area contributed by atoms with Crippen molar-refractivity contribution in [3.63, 3.8) is 0 Å². The van der Waals surface area contributed by atoms with Crippen molar-refractivity contribution in [2.75, 3.05) is 0 Å². The number of benzene rings is 8. The Kier molecular flexibility index (Phi) is 6.53. The highest BCUT2D eigenvalue weighted by Crippen LogP contribution is 2.48. The third kappa shape index (κ3) is 4.36. The molecule has 0 aliphatic carbocycles. The molecule has 2 heteroatoms. The summed E-state index contributed by atoms with van der Waals surface area (Å²) >= 11 is 0. The van der Waals surface area contributed by atoms with Gasteiger partial charge in [0.05, 0.1) is 11.4 Å². The summed E-state index contributed by atoms with van der Waals surface area (Å²) in [6.45, 7) is 0. The summed E-state index contributed by atoms with van der Waals surface area (Å²) in [6, 6.07) is 61.2. The number of aromatic nitrogens is 2. The third-order valence-corrected chi connectivity index (χ3v) is 10.1. The molecule has 10 aromatic rings. The summed E-state index contributed by atoms with van der Waals surface area (Å²) in [4.78, 5) is 9.74. The van der Waals surface area contributed by atoms with E-state index in [1.54, 1.807) is 0 Å². The molecule has 8 aromatic carbocycles. The van der Waals surface area contributed by atoms with E-state index in [1.165, 1.54) is 65.3 Å². The maximum atomic E-state index is 4.89. The van der Waals surface area contributed by atoms with Crippen LogP contribution in [0.5, 0.6) is 0 Å². The zero-order valence-electron chi connectivity index (χ0n) is 27.2. The molecule has 232 valence electrons. The summed E-state index contributed by atoms with van der Waals surface area (Å²) in [5.41, 5.74) is 9.06. The monoisotopic (exact) mass is 634 g/mol. The minimum atomic E-state index is 0.937. The van der Waals surface area contributed by atoms with Crippen molar-refractivity contribution < 1.29 is 0 Å². The Bertz CT molecular complexity index is 2850. The zero-order chi connectivity index (χ0) is 33.0. The standard InChI is InChI=1S/C48H30N2/c1-2-16-33-31(14-1)15-13-23-35(33)46-39-21-7-5-19-37(39)45(38-20-6-8-22-40(38)46)32-26-27-41-42(30-32)34-17-3-4-18-36(34)47(43-24-9-11-28-49-43)48(41)44-25-10-12-29-50-44/h1-30H. The van der Waals surface area contributed by atoms with Crippen LogP contribution in [0.3, 0.4) is 0 Å². The molecular formula is C48H30N2. The third-order valence-electron chi connectivity index (χ3n) is 10.1. The lowest BCUT2D eigenvalue weighted by atomic mass is 9.83. The summed E-state index contributed by atoms with van der Waals surface area (Å²) in [6.07, 6.45) is 3.75. The Labute approximate surface area is 290 Å². The maximum absolute atomic E-state index is 4.89. The second-order valence-electron chi connectivity index (χ2n) is 12.9. The van der Waals surface area contributed by atoms with E-state index < -0.39 is 0 Å². The van der Waals surface area contributed by atoms with E-state index in [0.29, 0.717) is 0 Å². The van der Waals surface area contributed by atoms with Crippen molar-refractivity contribution in [2.45, 2.75) is 0 Å². The number of hydrogen-bond donors (Lipinski definition) is 0. The molecule has 0 aliphatic heterocycles. The van der Waals surface area contributed by atoms with Crippen LogP contribution < -0.4 is 0 Å². The van der Waals surface area contributed by atoms with Crippen LogP contribution in [0.4, 0.5) is 0 Å². The molecule has 0 aliphatic rings.